The minimum Gasteiger partial charge on any atom is -0.330 e. The van der Waals surface area contributed by atoms with Crippen LogP contribution in [-0.4, -0.2) is 19.6 Å². The van der Waals surface area contributed by atoms with Crippen LogP contribution in [0, 0.1) is 17.3 Å². The number of rotatable bonds is 11. The molecule has 1 fully saturated rings. The summed E-state index contributed by atoms with van der Waals surface area (Å²) in [7, 11) is 0. The van der Waals surface area contributed by atoms with Crippen molar-refractivity contribution in [2.45, 2.75) is 65.7 Å². The van der Waals surface area contributed by atoms with E-state index in [2.05, 4.69) is 26.1 Å². The Morgan fingerprint density at radius 3 is 2.44 bits per heavy atom. The number of hydrogen-bond acceptors (Lipinski definition) is 2. The summed E-state index contributed by atoms with van der Waals surface area (Å²) in [5.41, 5.74) is 6.38. The van der Waals surface area contributed by atoms with Crippen molar-refractivity contribution in [2.75, 3.05) is 19.6 Å². The molecule has 0 spiro atoms. The molecule has 1 saturated carbocycles. The molecule has 0 aliphatic heterocycles. The summed E-state index contributed by atoms with van der Waals surface area (Å²) in [6.07, 6.45) is 9.51. The Hall–Kier alpha value is -0.0800. The lowest BCUT2D eigenvalue weighted by atomic mass is 9.88. The fraction of sp³-hybridized carbons (Fsp3) is 1.00. The molecule has 2 nitrogen and oxygen atoms in total. The van der Waals surface area contributed by atoms with Gasteiger partial charge in [0, 0.05) is 6.54 Å². The maximum atomic E-state index is 5.68. The largest absolute Gasteiger partial charge is 0.330 e. The smallest absolute Gasteiger partial charge is 0.000781 e. The van der Waals surface area contributed by atoms with E-state index in [0.29, 0.717) is 5.41 Å². The van der Waals surface area contributed by atoms with Crippen LogP contribution in [0.3, 0.4) is 0 Å². The third kappa shape index (κ3) is 5.71. The predicted octanol–water partition coefficient (Wildman–Crippen LogP) is 3.56. The number of hydrogen-bond donors (Lipinski definition) is 2. The molecule has 0 aromatic carbocycles. The van der Waals surface area contributed by atoms with Crippen LogP contribution in [0.25, 0.3) is 0 Å². The minimum atomic E-state index is 0.698. The van der Waals surface area contributed by atoms with Gasteiger partial charge in [0.25, 0.3) is 0 Å². The summed E-state index contributed by atoms with van der Waals surface area (Å²) in [6, 6.07) is 0. The van der Waals surface area contributed by atoms with E-state index in [1.54, 1.807) is 0 Å². The van der Waals surface area contributed by atoms with E-state index in [9.17, 15) is 0 Å². The molecule has 0 aromatic rings. The van der Waals surface area contributed by atoms with Crippen LogP contribution in [0.2, 0.25) is 0 Å². The lowest BCUT2D eigenvalue weighted by Crippen LogP contribution is -2.25. The van der Waals surface area contributed by atoms with Gasteiger partial charge >= 0.3 is 0 Å². The Balaban J connectivity index is 2.03. The predicted molar refractivity (Wildman–Crippen MR) is 80.7 cm³/mol. The molecule has 18 heavy (non-hydrogen) atoms. The Labute approximate surface area is 114 Å². The molecule has 0 aromatic heterocycles. The number of nitrogens with one attached hydrogen (secondary N) is 1. The van der Waals surface area contributed by atoms with Gasteiger partial charge in [0.1, 0.15) is 0 Å². The molecule has 2 heteroatoms. The molecule has 1 aliphatic carbocycles. The van der Waals surface area contributed by atoms with Gasteiger partial charge in [-0.25, -0.2) is 0 Å². The molecule has 3 N–H and O–H groups in total. The third-order valence-electron chi connectivity index (χ3n) is 4.65. The fourth-order valence-corrected chi connectivity index (χ4v) is 3.09. The van der Waals surface area contributed by atoms with Crippen molar-refractivity contribution >= 4 is 0 Å². The second-order valence-corrected chi connectivity index (χ2v) is 6.65. The van der Waals surface area contributed by atoms with Gasteiger partial charge in [-0.1, -0.05) is 27.2 Å². The van der Waals surface area contributed by atoms with E-state index in [0.717, 1.165) is 18.4 Å². The van der Waals surface area contributed by atoms with Crippen molar-refractivity contribution in [1.29, 1.82) is 0 Å². The van der Waals surface area contributed by atoms with Gasteiger partial charge in [0.2, 0.25) is 0 Å². The van der Waals surface area contributed by atoms with Gasteiger partial charge in [-0.2, -0.15) is 0 Å². The summed E-state index contributed by atoms with van der Waals surface area (Å²) in [5, 5.41) is 3.68. The van der Waals surface area contributed by atoms with Gasteiger partial charge < -0.3 is 11.1 Å². The van der Waals surface area contributed by atoms with Gasteiger partial charge in [-0.05, 0) is 68.9 Å². The third-order valence-corrected chi connectivity index (χ3v) is 4.65. The van der Waals surface area contributed by atoms with Crippen molar-refractivity contribution in [2.24, 2.45) is 23.0 Å². The van der Waals surface area contributed by atoms with Crippen molar-refractivity contribution in [1.82, 2.24) is 5.32 Å². The van der Waals surface area contributed by atoms with Crippen molar-refractivity contribution < 1.29 is 0 Å². The number of nitrogens with two attached hydrogens (primary N) is 1. The van der Waals surface area contributed by atoms with Gasteiger partial charge in [0.05, 0.1) is 0 Å². The van der Waals surface area contributed by atoms with Crippen LogP contribution in [-0.2, 0) is 0 Å². The Morgan fingerprint density at radius 2 is 1.94 bits per heavy atom. The van der Waals surface area contributed by atoms with Crippen LogP contribution in [0.5, 0.6) is 0 Å². The van der Waals surface area contributed by atoms with Crippen LogP contribution in [0.15, 0.2) is 0 Å². The molecule has 1 atom stereocenters. The van der Waals surface area contributed by atoms with E-state index >= 15 is 0 Å². The zero-order valence-corrected chi connectivity index (χ0v) is 12.8. The monoisotopic (exact) mass is 254 g/mol. The highest BCUT2D eigenvalue weighted by molar-refractivity contribution is 4.94. The molecule has 1 rings (SSSR count). The molecule has 0 bridgehead atoms. The van der Waals surface area contributed by atoms with Crippen molar-refractivity contribution in [3.8, 4) is 0 Å². The van der Waals surface area contributed by atoms with Crippen LogP contribution >= 0.6 is 0 Å². The first-order chi connectivity index (χ1) is 8.63. The summed E-state index contributed by atoms with van der Waals surface area (Å²) in [4.78, 5) is 0. The quantitative estimate of drug-likeness (QED) is 0.553. The molecule has 1 unspecified atom stereocenters. The summed E-state index contributed by atoms with van der Waals surface area (Å²) in [5.74, 6) is 1.60. The average Bonchev–Trinajstić information content (AvgIpc) is 3.08. The summed E-state index contributed by atoms with van der Waals surface area (Å²) in [6.45, 7) is 10.3. The van der Waals surface area contributed by atoms with Crippen LogP contribution < -0.4 is 11.1 Å². The van der Waals surface area contributed by atoms with Gasteiger partial charge in [-0.3, -0.25) is 0 Å². The average molecular weight is 254 g/mol. The normalized spacial score (nSPS) is 19.2. The lowest BCUT2D eigenvalue weighted by Gasteiger charge is -2.20. The summed E-state index contributed by atoms with van der Waals surface area (Å²) >= 11 is 0. The summed E-state index contributed by atoms with van der Waals surface area (Å²) < 4.78 is 0. The van der Waals surface area contributed by atoms with Crippen molar-refractivity contribution in [3.05, 3.63) is 0 Å². The second-order valence-electron chi connectivity index (χ2n) is 6.65. The molecule has 108 valence electrons. The van der Waals surface area contributed by atoms with Gasteiger partial charge in [-0.15, -0.1) is 0 Å². The highest BCUT2D eigenvalue weighted by Crippen LogP contribution is 2.48. The van der Waals surface area contributed by atoms with E-state index in [1.165, 1.54) is 58.0 Å². The fourth-order valence-electron chi connectivity index (χ4n) is 3.09. The SMILES string of the molecule is CCCC1(CNCCCC(CCN)C(C)C)CC1. The second kappa shape index (κ2) is 8.16. The first-order valence-electron chi connectivity index (χ1n) is 8.04. The standard InChI is InChI=1S/C16H34N2/c1-4-8-16(9-10-16)13-18-12-5-6-15(7-11-17)14(2)3/h14-15,18H,4-13,17H2,1-3H3. The Bertz CT molecular complexity index is 209. The van der Waals surface area contributed by atoms with Crippen molar-refractivity contribution in [3.63, 3.8) is 0 Å². The molecular weight excluding hydrogens is 220 g/mol. The Morgan fingerprint density at radius 1 is 1.22 bits per heavy atom. The maximum absolute atomic E-state index is 5.68. The Kier molecular flexibility index (Phi) is 7.25. The van der Waals surface area contributed by atoms with E-state index in [4.69, 9.17) is 5.73 Å². The highest BCUT2D eigenvalue weighted by atomic mass is 14.9. The van der Waals surface area contributed by atoms with Crippen LogP contribution in [0.4, 0.5) is 0 Å². The zero-order valence-electron chi connectivity index (χ0n) is 12.8. The minimum absolute atomic E-state index is 0.698. The maximum Gasteiger partial charge on any atom is 0.000781 e. The topological polar surface area (TPSA) is 38.0 Å². The van der Waals surface area contributed by atoms with E-state index in [-0.39, 0.29) is 0 Å². The lowest BCUT2D eigenvalue weighted by molar-refractivity contribution is 0.327. The first-order valence-corrected chi connectivity index (χ1v) is 8.04. The molecule has 1 aliphatic rings. The zero-order chi connectivity index (χ0) is 13.4. The van der Waals surface area contributed by atoms with Crippen LogP contribution in [0.1, 0.15) is 65.7 Å². The highest BCUT2D eigenvalue weighted by Gasteiger charge is 2.40. The molecule has 0 heterocycles. The van der Waals surface area contributed by atoms with Gasteiger partial charge in [0.15, 0.2) is 0 Å². The van der Waals surface area contributed by atoms with E-state index < -0.39 is 0 Å². The first kappa shape index (κ1) is 16.0. The van der Waals surface area contributed by atoms with E-state index in [1.807, 2.05) is 0 Å². The molecule has 0 amide bonds. The molecule has 0 radical (unpaired) electrons. The molecule has 0 saturated heterocycles. The molecular formula is C16H34N2.